The van der Waals surface area contributed by atoms with Crippen molar-refractivity contribution in [2.24, 2.45) is 0 Å². The van der Waals surface area contributed by atoms with Crippen molar-refractivity contribution >= 4 is 5.82 Å². The maximum atomic E-state index is 5.68. The monoisotopic (exact) mass is 286 g/mol. The number of pyridine rings is 1. The largest absolute Gasteiger partial charge is 0.490 e. The number of rotatable bonds is 6. The molecule has 3 rings (SSSR count). The Morgan fingerprint density at radius 2 is 2.14 bits per heavy atom. The lowest BCUT2D eigenvalue weighted by molar-refractivity contribution is 0.174. The van der Waals surface area contributed by atoms with Gasteiger partial charge >= 0.3 is 0 Å². The maximum absolute atomic E-state index is 5.68. The zero-order chi connectivity index (χ0) is 14.5. The van der Waals surface area contributed by atoms with Crippen LogP contribution in [0.3, 0.4) is 0 Å². The fourth-order valence-electron chi connectivity index (χ4n) is 2.09. The van der Waals surface area contributed by atoms with Crippen molar-refractivity contribution in [3.8, 4) is 17.2 Å². The van der Waals surface area contributed by atoms with Gasteiger partial charge in [-0.25, -0.2) is 4.98 Å². The number of nitrogens with one attached hydrogen (secondary N) is 1. The van der Waals surface area contributed by atoms with Gasteiger partial charge in [0.2, 0.25) is 6.79 Å². The first-order valence-electron chi connectivity index (χ1n) is 7.07. The van der Waals surface area contributed by atoms with Gasteiger partial charge in [-0.15, -0.1) is 0 Å². The fraction of sp³-hybridized carbons (Fsp3) is 0.312. The number of anilines is 1. The SMILES string of the molecule is CCCOc1cccnc1NCc1ccc2c(c1)OCO2. The minimum absolute atomic E-state index is 0.293. The molecule has 0 unspecified atom stereocenters. The standard InChI is InChI=1S/C16H18N2O3/c1-2-8-19-14-4-3-7-17-16(14)18-10-12-5-6-13-15(9-12)21-11-20-13/h3-7,9H,2,8,10-11H2,1H3,(H,17,18). The molecule has 0 saturated heterocycles. The van der Waals surface area contributed by atoms with E-state index in [1.165, 1.54) is 0 Å². The molecule has 1 aliphatic rings. The average molecular weight is 286 g/mol. The van der Waals surface area contributed by atoms with Gasteiger partial charge in [-0.1, -0.05) is 13.0 Å². The Bertz CT molecular complexity index is 616. The van der Waals surface area contributed by atoms with Crippen molar-refractivity contribution < 1.29 is 14.2 Å². The molecule has 0 saturated carbocycles. The Balaban J connectivity index is 1.67. The number of ether oxygens (including phenoxy) is 3. The van der Waals surface area contributed by atoms with E-state index in [1.54, 1.807) is 6.20 Å². The van der Waals surface area contributed by atoms with Gasteiger partial charge in [0.25, 0.3) is 0 Å². The van der Waals surface area contributed by atoms with Gasteiger partial charge in [0, 0.05) is 12.7 Å². The van der Waals surface area contributed by atoms with Crippen LogP contribution in [-0.2, 0) is 6.54 Å². The highest BCUT2D eigenvalue weighted by Crippen LogP contribution is 2.32. The lowest BCUT2D eigenvalue weighted by Gasteiger charge is -2.11. The van der Waals surface area contributed by atoms with E-state index in [9.17, 15) is 0 Å². The molecule has 1 aromatic heterocycles. The van der Waals surface area contributed by atoms with E-state index in [0.717, 1.165) is 35.1 Å². The number of benzene rings is 1. The Hall–Kier alpha value is -2.43. The van der Waals surface area contributed by atoms with Gasteiger partial charge in [-0.3, -0.25) is 0 Å². The smallest absolute Gasteiger partial charge is 0.231 e. The number of aromatic nitrogens is 1. The number of nitrogens with zero attached hydrogens (tertiary/aromatic N) is 1. The van der Waals surface area contributed by atoms with E-state index in [2.05, 4.69) is 17.2 Å². The Morgan fingerprint density at radius 1 is 1.24 bits per heavy atom. The first-order valence-corrected chi connectivity index (χ1v) is 7.07. The number of hydrogen-bond acceptors (Lipinski definition) is 5. The number of hydrogen-bond donors (Lipinski definition) is 1. The van der Waals surface area contributed by atoms with Crippen LogP contribution < -0.4 is 19.5 Å². The van der Waals surface area contributed by atoms with Crippen LogP contribution in [0.15, 0.2) is 36.5 Å². The van der Waals surface area contributed by atoms with Crippen molar-refractivity contribution in [2.75, 3.05) is 18.7 Å². The normalized spacial score (nSPS) is 12.2. The van der Waals surface area contributed by atoms with Crippen LogP contribution in [0.5, 0.6) is 17.2 Å². The molecule has 0 radical (unpaired) electrons. The highest BCUT2D eigenvalue weighted by Gasteiger charge is 2.13. The van der Waals surface area contributed by atoms with Gasteiger partial charge < -0.3 is 19.5 Å². The van der Waals surface area contributed by atoms with Gasteiger partial charge in [-0.2, -0.15) is 0 Å². The van der Waals surface area contributed by atoms with Crippen LogP contribution in [0.25, 0.3) is 0 Å². The first kappa shape index (κ1) is 13.5. The zero-order valence-corrected chi connectivity index (χ0v) is 12.0. The van der Waals surface area contributed by atoms with E-state index in [0.29, 0.717) is 19.9 Å². The summed E-state index contributed by atoms with van der Waals surface area (Å²) in [5, 5.41) is 3.30. The van der Waals surface area contributed by atoms with Crippen molar-refractivity contribution in [2.45, 2.75) is 19.9 Å². The van der Waals surface area contributed by atoms with E-state index in [4.69, 9.17) is 14.2 Å². The summed E-state index contributed by atoms with van der Waals surface area (Å²) in [4.78, 5) is 4.33. The summed E-state index contributed by atoms with van der Waals surface area (Å²) in [5.41, 5.74) is 1.10. The molecule has 21 heavy (non-hydrogen) atoms. The summed E-state index contributed by atoms with van der Waals surface area (Å²) < 4.78 is 16.4. The van der Waals surface area contributed by atoms with E-state index < -0.39 is 0 Å². The lowest BCUT2D eigenvalue weighted by Crippen LogP contribution is -2.05. The van der Waals surface area contributed by atoms with Gasteiger partial charge in [-0.05, 0) is 36.2 Å². The topological polar surface area (TPSA) is 52.6 Å². The molecule has 110 valence electrons. The second-order valence-corrected chi connectivity index (χ2v) is 4.74. The minimum Gasteiger partial charge on any atom is -0.490 e. The summed E-state index contributed by atoms with van der Waals surface area (Å²) in [5.74, 6) is 3.12. The second kappa shape index (κ2) is 6.35. The first-order chi connectivity index (χ1) is 10.4. The van der Waals surface area contributed by atoms with Crippen LogP contribution in [0.4, 0.5) is 5.82 Å². The lowest BCUT2D eigenvalue weighted by atomic mass is 10.2. The van der Waals surface area contributed by atoms with Crippen LogP contribution in [-0.4, -0.2) is 18.4 Å². The third-order valence-corrected chi connectivity index (χ3v) is 3.13. The predicted octanol–water partition coefficient (Wildman–Crippen LogP) is 3.21. The van der Waals surface area contributed by atoms with Crippen molar-refractivity contribution in [1.29, 1.82) is 0 Å². The van der Waals surface area contributed by atoms with Crippen molar-refractivity contribution in [3.63, 3.8) is 0 Å². The Morgan fingerprint density at radius 3 is 3.05 bits per heavy atom. The van der Waals surface area contributed by atoms with Crippen molar-refractivity contribution in [1.82, 2.24) is 4.98 Å². The van der Waals surface area contributed by atoms with E-state index >= 15 is 0 Å². The van der Waals surface area contributed by atoms with Crippen LogP contribution in [0.1, 0.15) is 18.9 Å². The molecule has 5 heteroatoms. The molecule has 0 amide bonds. The van der Waals surface area contributed by atoms with E-state index in [-0.39, 0.29) is 0 Å². The molecule has 0 bridgehead atoms. The quantitative estimate of drug-likeness (QED) is 0.883. The molecule has 1 aliphatic heterocycles. The summed E-state index contributed by atoms with van der Waals surface area (Å²) in [6, 6.07) is 9.70. The maximum Gasteiger partial charge on any atom is 0.231 e. The highest BCUT2D eigenvalue weighted by molar-refractivity contribution is 5.51. The van der Waals surface area contributed by atoms with Crippen LogP contribution in [0.2, 0.25) is 0 Å². The molecular formula is C16H18N2O3. The highest BCUT2D eigenvalue weighted by atomic mass is 16.7. The fourth-order valence-corrected chi connectivity index (χ4v) is 2.09. The molecule has 2 aromatic rings. The molecule has 0 fully saturated rings. The summed E-state index contributed by atoms with van der Waals surface area (Å²) in [7, 11) is 0. The molecule has 0 spiro atoms. The molecule has 2 heterocycles. The molecule has 1 N–H and O–H groups in total. The predicted molar refractivity (Wildman–Crippen MR) is 79.9 cm³/mol. The summed E-state index contributed by atoms with van der Waals surface area (Å²) in [6.45, 7) is 3.71. The second-order valence-electron chi connectivity index (χ2n) is 4.74. The van der Waals surface area contributed by atoms with E-state index in [1.807, 2.05) is 30.3 Å². The van der Waals surface area contributed by atoms with Crippen LogP contribution in [0, 0.1) is 0 Å². The van der Waals surface area contributed by atoms with Crippen LogP contribution >= 0.6 is 0 Å². The van der Waals surface area contributed by atoms with Gasteiger partial charge in [0.15, 0.2) is 23.1 Å². The zero-order valence-electron chi connectivity index (χ0n) is 12.0. The molecule has 0 aliphatic carbocycles. The number of fused-ring (bicyclic) bond motifs is 1. The molecule has 0 atom stereocenters. The molecule has 1 aromatic carbocycles. The summed E-state index contributed by atoms with van der Waals surface area (Å²) >= 11 is 0. The minimum atomic E-state index is 0.293. The molecule has 5 nitrogen and oxygen atoms in total. The third-order valence-electron chi connectivity index (χ3n) is 3.13. The third kappa shape index (κ3) is 3.18. The summed E-state index contributed by atoms with van der Waals surface area (Å²) in [6.07, 6.45) is 2.72. The van der Waals surface area contributed by atoms with Gasteiger partial charge in [0.05, 0.1) is 6.61 Å². The van der Waals surface area contributed by atoms with Crippen molar-refractivity contribution in [3.05, 3.63) is 42.1 Å². The Labute approximate surface area is 123 Å². The van der Waals surface area contributed by atoms with Gasteiger partial charge in [0.1, 0.15) is 0 Å². The average Bonchev–Trinajstić information content (AvgIpc) is 2.99. The molecular weight excluding hydrogens is 268 g/mol. The Kier molecular flexibility index (Phi) is 4.09.